The summed E-state index contributed by atoms with van der Waals surface area (Å²) >= 11 is 0. The fourth-order valence-corrected chi connectivity index (χ4v) is 1.93. The second kappa shape index (κ2) is 3.40. The van der Waals surface area contributed by atoms with E-state index < -0.39 is 12.6 Å². The van der Waals surface area contributed by atoms with Gasteiger partial charge in [-0.05, 0) is 30.9 Å². The molecule has 0 saturated heterocycles. The lowest BCUT2D eigenvalue weighted by Crippen LogP contribution is -2.14. The molecule has 5 heteroatoms. The summed E-state index contributed by atoms with van der Waals surface area (Å²) in [5.74, 6) is 0. The molecule has 0 aromatic carbocycles. The second-order valence-electron chi connectivity index (χ2n) is 3.77. The molecule has 1 aliphatic rings. The first-order valence-electron chi connectivity index (χ1n) is 4.79. The fourth-order valence-electron chi connectivity index (χ4n) is 1.93. The molecule has 0 saturated carbocycles. The summed E-state index contributed by atoms with van der Waals surface area (Å²) in [6.45, 7) is 0. The first-order valence-corrected chi connectivity index (χ1v) is 4.79. The molecule has 0 amide bonds. The third-order valence-electron chi connectivity index (χ3n) is 2.52. The van der Waals surface area contributed by atoms with Gasteiger partial charge in [0.05, 0.1) is 12.1 Å². The van der Waals surface area contributed by atoms with Crippen molar-refractivity contribution in [3.8, 4) is 0 Å². The van der Waals surface area contributed by atoms with E-state index >= 15 is 0 Å². The van der Waals surface area contributed by atoms with E-state index in [4.69, 9.17) is 5.73 Å². The summed E-state index contributed by atoms with van der Waals surface area (Å²) in [6, 6.07) is 1.34. The van der Waals surface area contributed by atoms with Gasteiger partial charge in [0.15, 0.2) is 0 Å². The van der Waals surface area contributed by atoms with Gasteiger partial charge in [-0.2, -0.15) is 13.2 Å². The van der Waals surface area contributed by atoms with E-state index in [1.165, 1.54) is 6.07 Å². The van der Waals surface area contributed by atoms with E-state index in [1.807, 2.05) is 0 Å². The van der Waals surface area contributed by atoms with Gasteiger partial charge in [-0.1, -0.05) is 0 Å². The van der Waals surface area contributed by atoms with Crippen LogP contribution < -0.4 is 5.73 Å². The van der Waals surface area contributed by atoms with Gasteiger partial charge in [0.2, 0.25) is 0 Å². The molecule has 2 nitrogen and oxygen atoms in total. The minimum atomic E-state index is -4.22. The third-order valence-corrected chi connectivity index (χ3v) is 2.52. The molecule has 1 aliphatic carbocycles. The van der Waals surface area contributed by atoms with Crippen LogP contribution in [-0.2, 0) is 19.3 Å². The number of nitrogens with zero attached hydrogens (tertiary/aromatic N) is 1. The maximum Gasteiger partial charge on any atom is 0.394 e. The minimum absolute atomic E-state index is 0.0284. The number of anilines is 1. The van der Waals surface area contributed by atoms with Gasteiger partial charge in [-0.3, -0.25) is 4.98 Å². The molecule has 0 bridgehead atoms. The Hall–Kier alpha value is -1.26. The standard InChI is InChI=1S/C10H11F3N2/c11-10(12,13)5-6-4-8(14)7-2-1-3-9(7)15-6/h4H,1-3,5H2,(H2,14,15). The lowest BCUT2D eigenvalue weighted by molar-refractivity contribution is -0.127. The molecule has 1 heterocycles. The third kappa shape index (κ3) is 2.22. The average molecular weight is 216 g/mol. The van der Waals surface area contributed by atoms with Crippen LogP contribution in [0.2, 0.25) is 0 Å². The van der Waals surface area contributed by atoms with Gasteiger partial charge < -0.3 is 5.73 Å². The van der Waals surface area contributed by atoms with Crippen molar-refractivity contribution in [1.82, 2.24) is 4.98 Å². The number of aromatic nitrogens is 1. The van der Waals surface area contributed by atoms with Crippen LogP contribution in [0.3, 0.4) is 0 Å². The molecule has 1 aromatic heterocycles. The Morgan fingerprint density at radius 3 is 2.73 bits per heavy atom. The number of hydrogen-bond donors (Lipinski definition) is 1. The predicted octanol–water partition coefficient (Wildman–Crippen LogP) is 2.26. The molecule has 0 fully saturated rings. The number of fused-ring (bicyclic) bond motifs is 1. The second-order valence-corrected chi connectivity index (χ2v) is 3.77. The molecule has 0 radical (unpaired) electrons. The summed E-state index contributed by atoms with van der Waals surface area (Å²) in [5.41, 5.74) is 7.84. The highest BCUT2D eigenvalue weighted by molar-refractivity contribution is 5.51. The molecular formula is C10H11F3N2. The van der Waals surface area contributed by atoms with Gasteiger partial charge >= 0.3 is 6.18 Å². The summed E-state index contributed by atoms with van der Waals surface area (Å²) in [4.78, 5) is 4.00. The Kier molecular flexibility index (Phi) is 2.32. The number of hydrogen-bond acceptors (Lipinski definition) is 2. The molecule has 15 heavy (non-hydrogen) atoms. The number of aryl methyl sites for hydroxylation is 1. The maximum atomic E-state index is 12.1. The van der Waals surface area contributed by atoms with E-state index in [9.17, 15) is 13.2 Å². The predicted molar refractivity (Wildman–Crippen MR) is 50.4 cm³/mol. The topological polar surface area (TPSA) is 38.9 Å². The minimum Gasteiger partial charge on any atom is -0.398 e. The van der Waals surface area contributed by atoms with Crippen molar-refractivity contribution in [3.05, 3.63) is 23.0 Å². The molecule has 2 N–H and O–H groups in total. The lowest BCUT2D eigenvalue weighted by atomic mass is 10.1. The molecular weight excluding hydrogens is 205 g/mol. The van der Waals surface area contributed by atoms with E-state index in [2.05, 4.69) is 4.98 Å². The quantitative estimate of drug-likeness (QED) is 0.782. The number of halogens is 3. The highest BCUT2D eigenvalue weighted by Crippen LogP contribution is 2.28. The number of nitrogen functional groups attached to an aromatic ring is 1. The highest BCUT2D eigenvalue weighted by Gasteiger charge is 2.29. The number of rotatable bonds is 1. The zero-order valence-electron chi connectivity index (χ0n) is 8.06. The zero-order chi connectivity index (χ0) is 11.1. The van der Waals surface area contributed by atoms with Gasteiger partial charge in [0.1, 0.15) is 0 Å². The van der Waals surface area contributed by atoms with E-state index in [1.54, 1.807) is 0 Å². The van der Waals surface area contributed by atoms with Crippen LogP contribution >= 0.6 is 0 Å². The molecule has 0 aliphatic heterocycles. The highest BCUT2D eigenvalue weighted by atomic mass is 19.4. The van der Waals surface area contributed by atoms with Gasteiger partial charge in [-0.15, -0.1) is 0 Å². The summed E-state index contributed by atoms with van der Waals surface area (Å²) in [7, 11) is 0. The van der Waals surface area contributed by atoms with Crippen molar-refractivity contribution in [1.29, 1.82) is 0 Å². The Morgan fingerprint density at radius 1 is 1.33 bits per heavy atom. The average Bonchev–Trinajstić information content (AvgIpc) is 2.48. The SMILES string of the molecule is Nc1cc(CC(F)(F)F)nc2c1CCC2. The smallest absolute Gasteiger partial charge is 0.394 e. The Labute approximate surface area is 85.3 Å². The van der Waals surface area contributed by atoms with Crippen molar-refractivity contribution in [2.24, 2.45) is 0 Å². The Balaban J connectivity index is 2.32. The zero-order valence-corrected chi connectivity index (χ0v) is 8.06. The normalized spacial score (nSPS) is 15.4. The summed E-state index contributed by atoms with van der Waals surface area (Å²) < 4.78 is 36.4. The molecule has 0 spiro atoms. The Morgan fingerprint density at radius 2 is 2.07 bits per heavy atom. The van der Waals surface area contributed by atoms with Gasteiger partial charge in [-0.25, -0.2) is 0 Å². The van der Waals surface area contributed by atoms with Crippen LogP contribution in [0.15, 0.2) is 6.07 Å². The van der Waals surface area contributed by atoms with E-state index in [0.717, 1.165) is 30.5 Å². The lowest BCUT2D eigenvalue weighted by Gasteiger charge is -2.09. The van der Waals surface area contributed by atoms with Crippen molar-refractivity contribution in [2.45, 2.75) is 31.9 Å². The molecule has 1 aromatic rings. The summed E-state index contributed by atoms with van der Waals surface area (Å²) in [6.07, 6.45) is -2.70. The van der Waals surface area contributed by atoms with Crippen LogP contribution in [0.5, 0.6) is 0 Å². The molecule has 2 rings (SSSR count). The first-order chi connectivity index (χ1) is 6.96. The molecule has 0 unspecified atom stereocenters. The molecule has 82 valence electrons. The first kappa shape index (κ1) is 10.3. The van der Waals surface area contributed by atoms with Gasteiger partial charge in [0, 0.05) is 11.4 Å². The Bertz CT molecular complexity index is 385. The van der Waals surface area contributed by atoms with E-state index in [0.29, 0.717) is 5.69 Å². The number of alkyl halides is 3. The fraction of sp³-hybridized carbons (Fsp3) is 0.500. The largest absolute Gasteiger partial charge is 0.398 e. The van der Waals surface area contributed by atoms with E-state index in [-0.39, 0.29) is 5.69 Å². The molecule has 0 atom stereocenters. The number of pyridine rings is 1. The van der Waals surface area contributed by atoms with Crippen molar-refractivity contribution in [3.63, 3.8) is 0 Å². The monoisotopic (exact) mass is 216 g/mol. The van der Waals surface area contributed by atoms with Gasteiger partial charge in [0.25, 0.3) is 0 Å². The van der Waals surface area contributed by atoms with Crippen LogP contribution in [0.25, 0.3) is 0 Å². The van der Waals surface area contributed by atoms with Crippen molar-refractivity contribution >= 4 is 5.69 Å². The van der Waals surface area contributed by atoms with Crippen molar-refractivity contribution in [2.75, 3.05) is 5.73 Å². The summed E-state index contributed by atoms with van der Waals surface area (Å²) in [5, 5.41) is 0. The maximum absolute atomic E-state index is 12.1. The van der Waals surface area contributed by atoms with Crippen LogP contribution in [0, 0.1) is 0 Å². The van der Waals surface area contributed by atoms with Crippen LogP contribution in [0.4, 0.5) is 18.9 Å². The number of nitrogens with two attached hydrogens (primary N) is 1. The van der Waals surface area contributed by atoms with Crippen LogP contribution in [0.1, 0.15) is 23.4 Å². The van der Waals surface area contributed by atoms with Crippen LogP contribution in [-0.4, -0.2) is 11.2 Å². The van der Waals surface area contributed by atoms with Crippen molar-refractivity contribution < 1.29 is 13.2 Å².